The summed E-state index contributed by atoms with van der Waals surface area (Å²) in [6.45, 7) is 5.72. The lowest BCUT2D eigenvalue weighted by Gasteiger charge is -2.15. The first-order valence-corrected chi connectivity index (χ1v) is 10.4. The number of nitrogens with one attached hydrogen (secondary N) is 1. The summed E-state index contributed by atoms with van der Waals surface area (Å²) >= 11 is 0. The predicted molar refractivity (Wildman–Crippen MR) is 103 cm³/mol. The van der Waals surface area contributed by atoms with Gasteiger partial charge in [-0.1, -0.05) is 39.0 Å². The predicted octanol–water partition coefficient (Wildman–Crippen LogP) is 4.01. The third-order valence-electron chi connectivity index (χ3n) is 4.30. The van der Waals surface area contributed by atoms with E-state index in [4.69, 9.17) is 4.74 Å². The molecule has 2 aromatic rings. The van der Waals surface area contributed by atoms with Crippen molar-refractivity contribution in [1.82, 2.24) is 0 Å². The lowest BCUT2D eigenvalue weighted by molar-refractivity contribution is -0.118. The molecule has 2 rings (SSSR count). The first-order valence-electron chi connectivity index (χ1n) is 8.71. The number of hydrogen-bond acceptors (Lipinski definition) is 4. The maximum atomic E-state index is 12.1. The average Bonchev–Trinajstić information content (AvgIpc) is 2.66. The van der Waals surface area contributed by atoms with Crippen molar-refractivity contribution in [1.29, 1.82) is 0 Å². The van der Waals surface area contributed by atoms with Gasteiger partial charge in [0.2, 0.25) is 0 Å². The first kappa shape index (κ1) is 20.0. The van der Waals surface area contributed by atoms with Crippen LogP contribution in [0.1, 0.15) is 38.7 Å². The molecule has 0 radical (unpaired) electrons. The van der Waals surface area contributed by atoms with E-state index >= 15 is 0 Å². The number of rotatable bonds is 8. The van der Waals surface area contributed by atoms with E-state index in [0.717, 1.165) is 12.0 Å². The van der Waals surface area contributed by atoms with Gasteiger partial charge in [-0.15, -0.1) is 0 Å². The molecule has 0 saturated heterocycles. The number of carbonyl (C=O) groups is 1. The van der Waals surface area contributed by atoms with Crippen LogP contribution in [0.3, 0.4) is 0 Å². The number of hydrogen-bond donors (Lipinski definition) is 1. The molecule has 0 fully saturated rings. The molecule has 1 N–H and O–H groups in total. The Balaban J connectivity index is 1.98. The van der Waals surface area contributed by atoms with Crippen LogP contribution in [0.15, 0.2) is 53.4 Å². The second kappa shape index (κ2) is 8.85. The zero-order chi connectivity index (χ0) is 19.2. The highest BCUT2D eigenvalue weighted by atomic mass is 32.2. The summed E-state index contributed by atoms with van der Waals surface area (Å²) in [6.07, 6.45) is 0.986. The lowest BCUT2D eigenvalue weighted by atomic mass is 9.98. The molecule has 0 aliphatic heterocycles. The van der Waals surface area contributed by atoms with Gasteiger partial charge in [0.25, 0.3) is 5.91 Å². The Morgan fingerprint density at radius 2 is 1.73 bits per heavy atom. The van der Waals surface area contributed by atoms with Crippen molar-refractivity contribution in [3.8, 4) is 5.75 Å². The molecular weight excluding hydrogens is 350 g/mol. The molecule has 26 heavy (non-hydrogen) atoms. The molecule has 140 valence electrons. The van der Waals surface area contributed by atoms with Crippen molar-refractivity contribution in [2.24, 2.45) is 0 Å². The highest BCUT2D eigenvalue weighted by molar-refractivity contribution is 7.91. The SMILES string of the molecule is CCC(C)c1ccccc1OCC(=O)Nc1ccc(S(=O)(=O)CC)cc1. The Morgan fingerprint density at radius 1 is 1.08 bits per heavy atom. The number of amides is 1. The fourth-order valence-corrected chi connectivity index (χ4v) is 3.38. The van der Waals surface area contributed by atoms with Crippen molar-refractivity contribution >= 4 is 21.4 Å². The molecule has 5 nitrogen and oxygen atoms in total. The molecule has 6 heteroatoms. The monoisotopic (exact) mass is 375 g/mol. The van der Waals surface area contributed by atoms with Gasteiger partial charge in [0, 0.05) is 5.69 Å². The Bertz CT molecular complexity index is 844. The van der Waals surface area contributed by atoms with E-state index in [9.17, 15) is 13.2 Å². The number of ether oxygens (including phenoxy) is 1. The third kappa shape index (κ3) is 5.08. The number of carbonyl (C=O) groups excluding carboxylic acids is 1. The summed E-state index contributed by atoms with van der Waals surface area (Å²) in [5.74, 6) is 0.807. The second-order valence-electron chi connectivity index (χ2n) is 6.11. The fourth-order valence-electron chi connectivity index (χ4n) is 2.49. The summed E-state index contributed by atoms with van der Waals surface area (Å²) < 4.78 is 29.3. The van der Waals surface area contributed by atoms with Crippen molar-refractivity contribution in [3.63, 3.8) is 0 Å². The maximum Gasteiger partial charge on any atom is 0.262 e. The number of benzene rings is 2. The molecule has 0 spiro atoms. The van der Waals surface area contributed by atoms with E-state index < -0.39 is 9.84 Å². The topological polar surface area (TPSA) is 72.5 Å². The fraction of sp³-hybridized carbons (Fsp3) is 0.350. The molecule has 2 aromatic carbocycles. The van der Waals surface area contributed by atoms with Crippen LogP contribution in [0, 0.1) is 0 Å². The molecule has 0 heterocycles. The molecule has 0 aliphatic carbocycles. The molecule has 0 saturated carbocycles. The van der Waals surface area contributed by atoms with Crippen LogP contribution in [-0.4, -0.2) is 26.7 Å². The van der Waals surface area contributed by atoms with E-state index in [1.807, 2.05) is 24.3 Å². The zero-order valence-electron chi connectivity index (χ0n) is 15.4. The van der Waals surface area contributed by atoms with E-state index in [2.05, 4.69) is 19.2 Å². The average molecular weight is 375 g/mol. The molecule has 0 aromatic heterocycles. The van der Waals surface area contributed by atoms with Gasteiger partial charge < -0.3 is 10.1 Å². The minimum atomic E-state index is -3.24. The van der Waals surface area contributed by atoms with Crippen LogP contribution < -0.4 is 10.1 Å². The Morgan fingerprint density at radius 3 is 2.35 bits per heavy atom. The van der Waals surface area contributed by atoms with E-state index in [1.54, 1.807) is 19.1 Å². The van der Waals surface area contributed by atoms with Crippen LogP contribution >= 0.6 is 0 Å². The normalized spacial score (nSPS) is 12.4. The van der Waals surface area contributed by atoms with Gasteiger partial charge >= 0.3 is 0 Å². The van der Waals surface area contributed by atoms with Crippen LogP contribution in [0.25, 0.3) is 0 Å². The third-order valence-corrected chi connectivity index (χ3v) is 6.05. The second-order valence-corrected chi connectivity index (χ2v) is 8.39. The van der Waals surface area contributed by atoms with Crippen LogP contribution in [-0.2, 0) is 14.6 Å². The summed E-state index contributed by atoms with van der Waals surface area (Å²) in [7, 11) is -3.24. The van der Waals surface area contributed by atoms with Gasteiger partial charge in [0.1, 0.15) is 5.75 Å². The van der Waals surface area contributed by atoms with E-state index in [1.165, 1.54) is 12.1 Å². The van der Waals surface area contributed by atoms with Gasteiger partial charge in [-0.3, -0.25) is 4.79 Å². The van der Waals surface area contributed by atoms with Gasteiger partial charge in [-0.2, -0.15) is 0 Å². The van der Waals surface area contributed by atoms with Gasteiger partial charge in [0.15, 0.2) is 16.4 Å². The summed E-state index contributed by atoms with van der Waals surface area (Å²) in [6, 6.07) is 13.8. The highest BCUT2D eigenvalue weighted by Crippen LogP contribution is 2.28. The number of anilines is 1. The number of para-hydroxylation sites is 1. The number of sulfone groups is 1. The largest absolute Gasteiger partial charge is 0.483 e. The molecule has 0 aliphatic rings. The summed E-state index contributed by atoms with van der Waals surface area (Å²) in [4.78, 5) is 12.4. The van der Waals surface area contributed by atoms with Crippen LogP contribution in [0.2, 0.25) is 0 Å². The quantitative estimate of drug-likeness (QED) is 0.757. The van der Waals surface area contributed by atoms with Crippen molar-refractivity contribution < 1.29 is 17.9 Å². The molecule has 1 unspecified atom stereocenters. The van der Waals surface area contributed by atoms with E-state index in [-0.39, 0.29) is 23.2 Å². The van der Waals surface area contributed by atoms with Gasteiger partial charge in [-0.25, -0.2) is 8.42 Å². The smallest absolute Gasteiger partial charge is 0.262 e. The zero-order valence-corrected chi connectivity index (χ0v) is 16.2. The molecule has 1 atom stereocenters. The Labute approximate surface area is 155 Å². The first-order chi connectivity index (χ1) is 12.4. The molecular formula is C20H25NO4S. The summed E-state index contributed by atoms with van der Waals surface area (Å²) in [5.41, 5.74) is 1.61. The standard InChI is InChI=1S/C20H25NO4S/c1-4-15(3)18-8-6-7-9-19(18)25-14-20(22)21-16-10-12-17(13-11-16)26(23,24)5-2/h6-13,15H,4-5,14H2,1-3H3,(H,21,22). The van der Waals surface area contributed by atoms with Crippen LogP contribution in [0.4, 0.5) is 5.69 Å². The van der Waals surface area contributed by atoms with Gasteiger partial charge in [0.05, 0.1) is 10.6 Å². The molecule has 0 bridgehead atoms. The minimum Gasteiger partial charge on any atom is -0.483 e. The van der Waals surface area contributed by atoms with Crippen molar-refractivity contribution in [2.75, 3.05) is 17.7 Å². The lowest BCUT2D eigenvalue weighted by Crippen LogP contribution is -2.20. The van der Waals surface area contributed by atoms with E-state index in [0.29, 0.717) is 17.4 Å². The highest BCUT2D eigenvalue weighted by Gasteiger charge is 2.13. The maximum absolute atomic E-state index is 12.1. The Hall–Kier alpha value is -2.34. The van der Waals surface area contributed by atoms with Crippen molar-refractivity contribution in [2.45, 2.75) is 38.0 Å². The molecule has 1 amide bonds. The van der Waals surface area contributed by atoms with Gasteiger partial charge in [-0.05, 0) is 48.2 Å². The summed E-state index contributed by atoms with van der Waals surface area (Å²) in [5, 5.41) is 2.71. The van der Waals surface area contributed by atoms with Crippen LogP contribution in [0.5, 0.6) is 5.75 Å². The Kier molecular flexibility index (Phi) is 6.80. The van der Waals surface area contributed by atoms with Crippen molar-refractivity contribution in [3.05, 3.63) is 54.1 Å². The minimum absolute atomic E-state index is 0.0438.